The molecular weight excluding hydrogens is 238 g/mol. The van der Waals surface area contributed by atoms with Crippen LogP contribution in [0.2, 0.25) is 0 Å². The summed E-state index contributed by atoms with van der Waals surface area (Å²) in [6.45, 7) is 5.45. The second kappa shape index (κ2) is 5.18. The van der Waals surface area contributed by atoms with Crippen LogP contribution in [-0.4, -0.2) is 32.6 Å². The Labute approximate surface area is 105 Å². The Morgan fingerprint density at radius 1 is 1.61 bits per heavy atom. The molecule has 1 heterocycles. The van der Waals surface area contributed by atoms with Gasteiger partial charge in [-0.25, -0.2) is 0 Å². The summed E-state index contributed by atoms with van der Waals surface area (Å²) >= 11 is 0. The zero-order chi connectivity index (χ0) is 13.9. The highest BCUT2D eigenvalue weighted by molar-refractivity contribution is 5.93. The quantitative estimate of drug-likeness (QED) is 0.603. The number of hydrogen-bond acceptors (Lipinski definition) is 4. The van der Waals surface area contributed by atoms with E-state index in [-0.39, 0.29) is 17.9 Å². The normalized spacial score (nSPS) is 11.3. The average molecular weight is 255 g/mol. The number of aryl methyl sites for hydroxylation is 1. The second-order valence-corrected chi connectivity index (χ2v) is 4.62. The third kappa shape index (κ3) is 3.56. The lowest BCUT2D eigenvalue weighted by molar-refractivity contribution is -0.384. The van der Waals surface area contributed by atoms with Crippen molar-refractivity contribution in [3.63, 3.8) is 0 Å². The molecule has 7 heteroatoms. The van der Waals surface area contributed by atoms with Gasteiger partial charge in [-0.3, -0.25) is 14.9 Å². The summed E-state index contributed by atoms with van der Waals surface area (Å²) < 4.78 is 1.50. The molecule has 2 N–H and O–H groups in total. The molecule has 1 aromatic heterocycles. The van der Waals surface area contributed by atoms with Crippen LogP contribution in [-0.2, 0) is 6.54 Å². The van der Waals surface area contributed by atoms with Gasteiger partial charge in [-0.1, -0.05) is 0 Å². The monoisotopic (exact) mass is 255 g/mol. The van der Waals surface area contributed by atoms with Crippen LogP contribution in [0.1, 0.15) is 31.3 Å². The van der Waals surface area contributed by atoms with Gasteiger partial charge in [0.2, 0.25) is 0 Å². The lowest BCUT2D eigenvalue weighted by atomic mass is 10.1. The van der Waals surface area contributed by atoms with Crippen molar-refractivity contribution < 1.29 is 14.8 Å². The number of rotatable bonds is 5. The Bertz CT molecular complexity index is 459. The standard InChI is InChI=1S/C11H17N3O4/c1-4-13-6-8(14(17)18)5-9(13)10(15)12-7-11(2,3)16/h5-6,16H,4,7H2,1-3H3,(H,12,15). The molecule has 7 nitrogen and oxygen atoms in total. The zero-order valence-electron chi connectivity index (χ0n) is 10.6. The molecule has 0 spiro atoms. The Kier molecular flexibility index (Phi) is 4.07. The molecule has 0 aromatic carbocycles. The number of hydrogen-bond donors (Lipinski definition) is 2. The van der Waals surface area contributed by atoms with E-state index in [9.17, 15) is 20.0 Å². The predicted octanol–water partition coefficient (Wildman–Crippen LogP) is 0.917. The first-order valence-corrected chi connectivity index (χ1v) is 5.59. The van der Waals surface area contributed by atoms with E-state index >= 15 is 0 Å². The molecule has 1 rings (SSSR count). The molecule has 0 bridgehead atoms. The van der Waals surface area contributed by atoms with Crippen LogP contribution in [0.5, 0.6) is 0 Å². The summed E-state index contributed by atoms with van der Waals surface area (Å²) in [6, 6.07) is 1.23. The first-order valence-electron chi connectivity index (χ1n) is 5.59. The Morgan fingerprint density at radius 3 is 2.67 bits per heavy atom. The molecule has 0 saturated heterocycles. The fraction of sp³-hybridized carbons (Fsp3) is 0.545. The van der Waals surface area contributed by atoms with Gasteiger partial charge in [0.05, 0.1) is 16.7 Å². The maximum absolute atomic E-state index is 11.8. The molecule has 0 atom stereocenters. The molecule has 0 aliphatic heterocycles. The van der Waals surface area contributed by atoms with Gasteiger partial charge in [-0.05, 0) is 20.8 Å². The summed E-state index contributed by atoms with van der Waals surface area (Å²) in [5, 5.41) is 22.7. The average Bonchev–Trinajstić information content (AvgIpc) is 2.68. The van der Waals surface area contributed by atoms with E-state index in [4.69, 9.17) is 0 Å². The number of aromatic nitrogens is 1. The highest BCUT2D eigenvalue weighted by Gasteiger charge is 2.20. The Hall–Kier alpha value is -1.89. The lowest BCUT2D eigenvalue weighted by Gasteiger charge is -2.17. The minimum Gasteiger partial charge on any atom is -0.389 e. The molecule has 0 aliphatic rings. The smallest absolute Gasteiger partial charge is 0.287 e. The van der Waals surface area contributed by atoms with Crippen LogP contribution in [0.3, 0.4) is 0 Å². The summed E-state index contributed by atoms with van der Waals surface area (Å²) in [4.78, 5) is 21.9. The van der Waals surface area contributed by atoms with E-state index < -0.39 is 16.4 Å². The van der Waals surface area contributed by atoms with Crippen molar-refractivity contribution >= 4 is 11.6 Å². The third-order valence-electron chi connectivity index (χ3n) is 2.35. The number of aliphatic hydroxyl groups is 1. The number of carbonyl (C=O) groups excluding carboxylic acids is 1. The minimum atomic E-state index is -1.02. The number of nitrogens with zero attached hydrogens (tertiary/aromatic N) is 2. The van der Waals surface area contributed by atoms with Gasteiger partial charge in [0, 0.05) is 19.2 Å². The number of carbonyl (C=O) groups is 1. The molecule has 1 amide bonds. The van der Waals surface area contributed by atoms with Crippen LogP contribution in [0.4, 0.5) is 5.69 Å². The molecule has 100 valence electrons. The van der Waals surface area contributed by atoms with Gasteiger partial charge in [-0.15, -0.1) is 0 Å². The van der Waals surface area contributed by atoms with Gasteiger partial charge in [0.1, 0.15) is 5.69 Å². The van der Waals surface area contributed by atoms with E-state index in [1.165, 1.54) is 16.8 Å². The van der Waals surface area contributed by atoms with E-state index in [1.807, 2.05) is 0 Å². The molecule has 0 saturated carbocycles. The van der Waals surface area contributed by atoms with E-state index in [0.717, 1.165) is 0 Å². The molecule has 0 unspecified atom stereocenters. The fourth-order valence-corrected chi connectivity index (χ4v) is 1.43. The van der Waals surface area contributed by atoms with Crippen molar-refractivity contribution in [3.05, 3.63) is 28.1 Å². The molecule has 0 fully saturated rings. The molecular formula is C11H17N3O4. The second-order valence-electron chi connectivity index (χ2n) is 4.62. The minimum absolute atomic E-state index is 0.0779. The van der Waals surface area contributed by atoms with Crippen molar-refractivity contribution in [2.75, 3.05) is 6.54 Å². The first-order chi connectivity index (χ1) is 8.24. The lowest BCUT2D eigenvalue weighted by Crippen LogP contribution is -2.38. The van der Waals surface area contributed by atoms with Gasteiger partial charge in [-0.2, -0.15) is 0 Å². The SMILES string of the molecule is CCn1cc([N+](=O)[O-])cc1C(=O)NCC(C)(C)O. The largest absolute Gasteiger partial charge is 0.389 e. The summed E-state index contributed by atoms with van der Waals surface area (Å²) in [7, 11) is 0. The molecule has 18 heavy (non-hydrogen) atoms. The third-order valence-corrected chi connectivity index (χ3v) is 2.35. The highest BCUT2D eigenvalue weighted by atomic mass is 16.6. The van der Waals surface area contributed by atoms with E-state index in [1.54, 1.807) is 20.8 Å². The summed E-state index contributed by atoms with van der Waals surface area (Å²) in [5.41, 5.74) is -0.927. The van der Waals surface area contributed by atoms with Crippen molar-refractivity contribution in [1.29, 1.82) is 0 Å². The van der Waals surface area contributed by atoms with Crippen LogP contribution in [0.15, 0.2) is 12.3 Å². The highest BCUT2D eigenvalue weighted by Crippen LogP contribution is 2.16. The molecule has 1 aromatic rings. The van der Waals surface area contributed by atoms with Crippen molar-refractivity contribution in [2.24, 2.45) is 0 Å². The van der Waals surface area contributed by atoms with Crippen molar-refractivity contribution in [2.45, 2.75) is 32.9 Å². The summed E-state index contributed by atoms with van der Waals surface area (Å²) in [6.07, 6.45) is 1.32. The van der Waals surface area contributed by atoms with E-state index in [2.05, 4.69) is 5.32 Å². The topological polar surface area (TPSA) is 97.4 Å². The Morgan fingerprint density at radius 2 is 2.22 bits per heavy atom. The molecule has 0 radical (unpaired) electrons. The van der Waals surface area contributed by atoms with Crippen LogP contribution >= 0.6 is 0 Å². The van der Waals surface area contributed by atoms with Gasteiger partial charge < -0.3 is 15.0 Å². The molecule has 0 aliphatic carbocycles. The van der Waals surface area contributed by atoms with Crippen LogP contribution in [0, 0.1) is 10.1 Å². The van der Waals surface area contributed by atoms with Gasteiger partial charge in [0.15, 0.2) is 0 Å². The number of nitrogens with one attached hydrogen (secondary N) is 1. The van der Waals surface area contributed by atoms with Crippen molar-refractivity contribution in [1.82, 2.24) is 9.88 Å². The predicted molar refractivity (Wildman–Crippen MR) is 65.4 cm³/mol. The van der Waals surface area contributed by atoms with E-state index in [0.29, 0.717) is 6.54 Å². The summed E-state index contributed by atoms with van der Waals surface area (Å²) in [5.74, 6) is -0.438. The van der Waals surface area contributed by atoms with Gasteiger partial charge in [0.25, 0.3) is 11.6 Å². The van der Waals surface area contributed by atoms with Crippen molar-refractivity contribution in [3.8, 4) is 0 Å². The maximum atomic E-state index is 11.8. The number of amides is 1. The zero-order valence-corrected chi connectivity index (χ0v) is 10.6. The van der Waals surface area contributed by atoms with Crippen LogP contribution < -0.4 is 5.32 Å². The van der Waals surface area contributed by atoms with Gasteiger partial charge >= 0.3 is 0 Å². The first kappa shape index (κ1) is 14.2. The van der Waals surface area contributed by atoms with Crippen LogP contribution in [0.25, 0.3) is 0 Å². The fourth-order valence-electron chi connectivity index (χ4n) is 1.43. The maximum Gasteiger partial charge on any atom is 0.287 e. The number of nitro groups is 1. The Balaban J connectivity index is 2.88.